The Kier molecular flexibility index (Phi) is 17.7. The lowest BCUT2D eigenvalue weighted by Crippen LogP contribution is -2.75. The van der Waals surface area contributed by atoms with Crippen LogP contribution < -0.4 is 26.4 Å². The van der Waals surface area contributed by atoms with Crippen molar-refractivity contribution in [3.05, 3.63) is 153 Å². The molecular weight excluding hydrogens is 1120 g/mol. The molecule has 0 aliphatic rings. The third-order valence-corrected chi connectivity index (χ3v) is 11.5. The fourth-order valence-corrected chi connectivity index (χ4v) is 7.93. The molecule has 426 valence electrons. The van der Waals surface area contributed by atoms with Crippen LogP contribution >= 0.6 is 0 Å². The number of halogens is 24. The van der Waals surface area contributed by atoms with Gasteiger partial charge in [-0.1, -0.05) is 69.3 Å². The quantitative estimate of drug-likeness (QED) is 0.0295. The van der Waals surface area contributed by atoms with E-state index in [1.807, 2.05) is 25.3 Å². The van der Waals surface area contributed by atoms with Gasteiger partial charge in [0.05, 0.1) is 71.1 Å². The van der Waals surface area contributed by atoms with Gasteiger partial charge in [-0.2, -0.15) is 132 Å². The minimum atomic E-state index is -6.13. The third kappa shape index (κ3) is 14.8. The molecule has 0 N–H and O–H groups in total. The zero-order valence-electron chi connectivity index (χ0n) is 39.6. The molecule has 78 heavy (non-hydrogen) atoms. The topological polar surface area (TPSA) is 69.4 Å². The number of alkyl halides is 24. The van der Waals surface area contributed by atoms with E-state index >= 15 is 0 Å². The number of carbonyl (C=O) groups is 2. The first-order valence-corrected chi connectivity index (χ1v) is 21.1. The van der Waals surface area contributed by atoms with Gasteiger partial charge < -0.3 is 9.47 Å². The molecule has 0 amide bonds. The Morgan fingerprint density at radius 1 is 0.397 bits per heavy atom. The Morgan fingerprint density at radius 2 is 0.603 bits per heavy atom. The van der Waals surface area contributed by atoms with Crippen molar-refractivity contribution in [3.63, 3.8) is 0 Å². The maximum atomic E-state index is 14.2. The molecule has 4 aromatic carbocycles. The minimum Gasteiger partial charge on any atom is -0.465 e. The highest BCUT2D eigenvalue weighted by atomic mass is 19.4. The Morgan fingerprint density at radius 3 is 0.769 bits per heavy atom. The van der Waals surface area contributed by atoms with E-state index in [0.29, 0.717) is 12.1 Å². The molecule has 0 fully saturated rings. The monoisotopic (exact) mass is 1160 g/mol. The van der Waals surface area contributed by atoms with E-state index in [1.165, 1.54) is 14.2 Å². The number of carbonyl (C=O) groups excluding carboxylic acids is 2. The Hall–Kier alpha value is -6.98. The van der Waals surface area contributed by atoms with Crippen molar-refractivity contribution in [3.8, 4) is 0 Å². The predicted molar refractivity (Wildman–Crippen MR) is 225 cm³/mol. The first-order valence-electron chi connectivity index (χ1n) is 21.1. The lowest BCUT2D eigenvalue weighted by molar-refractivity contribution is -0.690. The summed E-state index contributed by atoms with van der Waals surface area (Å²) in [5, 5.41) is 0. The minimum absolute atomic E-state index is 0.0585. The highest BCUT2D eigenvalue weighted by Gasteiger charge is 2.47. The number of methoxy groups -OCH3 is 2. The van der Waals surface area contributed by atoms with Crippen LogP contribution in [0, 0.1) is 5.41 Å². The number of ether oxygens (including phenoxy) is 2. The molecule has 0 radical (unpaired) electrons. The molecule has 0 atom stereocenters. The van der Waals surface area contributed by atoms with Gasteiger partial charge in [-0.25, -0.2) is 9.59 Å². The summed E-state index contributed by atoms with van der Waals surface area (Å²) in [5.74, 6) is -1.39. The largest absolute Gasteiger partial charge is 0.465 e. The Balaban J connectivity index is 0.000000523. The number of nitrogens with zero attached hydrogens (tertiary/aromatic N) is 2. The van der Waals surface area contributed by atoms with Gasteiger partial charge in [-0.3, -0.25) is 4.98 Å². The van der Waals surface area contributed by atoms with Crippen molar-refractivity contribution < 1.29 is 129 Å². The van der Waals surface area contributed by atoms with Crippen LogP contribution in [0.3, 0.4) is 0 Å². The van der Waals surface area contributed by atoms with Crippen molar-refractivity contribution in [2.75, 3.05) is 14.2 Å². The molecular formula is C47H33BF24N2O4. The van der Waals surface area contributed by atoms with Gasteiger partial charge in [0.25, 0.3) is 0 Å². The molecule has 5 aromatic rings. The average Bonchev–Trinajstić information content (AvgIpc) is 3.29. The van der Waals surface area contributed by atoms with Crippen molar-refractivity contribution >= 4 is 39.9 Å². The van der Waals surface area contributed by atoms with Gasteiger partial charge in [0, 0.05) is 5.57 Å². The Labute approximate surface area is 423 Å². The number of esters is 2. The van der Waals surface area contributed by atoms with E-state index in [9.17, 15) is 115 Å². The maximum absolute atomic E-state index is 14.2. The summed E-state index contributed by atoms with van der Waals surface area (Å²) in [7, 11) is 2.48. The SMILES string of the molecule is COC(=O)C(C(=O)OC)=C(C[n+]1ccncc1)C(C)(C)C.FC(F)(F)c1cc([B-](c2cc(C(F)(F)F)cc(C(F)(F)F)c2)(c2cc(C(F)(F)F)cc(C(F)(F)F)c2)c2cc(C(F)(F)F)cc(C(F)(F)F)c2)cc(C(F)(F)F)c1. The molecule has 31 heteroatoms. The molecule has 6 nitrogen and oxygen atoms in total. The number of hydrogen-bond donors (Lipinski definition) is 0. The van der Waals surface area contributed by atoms with Crippen molar-refractivity contribution in [1.82, 2.24) is 4.98 Å². The smallest absolute Gasteiger partial charge is 0.416 e. The van der Waals surface area contributed by atoms with Crippen molar-refractivity contribution in [2.45, 2.75) is 76.7 Å². The van der Waals surface area contributed by atoms with E-state index in [-0.39, 0.29) is 5.57 Å². The molecule has 1 heterocycles. The second-order valence-corrected chi connectivity index (χ2v) is 17.7. The highest BCUT2D eigenvalue weighted by Crippen LogP contribution is 2.42. The molecule has 0 aliphatic heterocycles. The standard InChI is InChI=1S/C32H12BF24.C15H21N2O4/c34-25(35,36)13-1-14(26(37,38)39)6-21(5-13)33(22-7-15(27(40,41)42)2-16(8-22)28(43,44)45,23-9-17(29(46,47)48)3-18(10-23)30(49,50)51)24-11-19(31(52,53)54)4-20(12-24)32(55,56)57;1-15(2,3)11(10-17-8-6-16-7-9-17)12(13(18)20-4)14(19)21-5/h1-12H;6-9H,10H2,1-5H3/q-1;+1. The van der Waals surface area contributed by atoms with E-state index in [2.05, 4.69) is 4.98 Å². The molecule has 5 rings (SSSR count). The van der Waals surface area contributed by atoms with E-state index in [4.69, 9.17) is 9.47 Å². The summed E-state index contributed by atoms with van der Waals surface area (Å²) in [6, 6.07) is -8.81. The van der Waals surface area contributed by atoms with Crippen LogP contribution in [0.25, 0.3) is 0 Å². The summed E-state index contributed by atoms with van der Waals surface area (Å²) in [6.07, 6.45) is -48.0. The molecule has 0 saturated carbocycles. The summed E-state index contributed by atoms with van der Waals surface area (Å²) < 4.78 is 352. The molecule has 0 aliphatic carbocycles. The van der Waals surface area contributed by atoms with Crippen LogP contribution in [0.2, 0.25) is 0 Å². The van der Waals surface area contributed by atoms with Gasteiger partial charge in [-0.05, 0) is 29.7 Å². The lowest BCUT2D eigenvalue weighted by Gasteiger charge is -2.46. The summed E-state index contributed by atoms with van der Waals surface area (Å²) in [4.78, 5) is 27.9. The van der Waals surface area contributed by atoms with E-state index in [1.54, 1.807) is 24.8 Å². The number of allylic oxidation sites excluding steroid dienone is 1. The molecule has 0 unspecified atom stereocenters. The van der Waals surface area contributed by atoms with Crippen LogP contribution in [0.5, 0.6) is 0 Å². The van der Waals surface area contributed by atoms with Crippen molar-refractivity contribution in [1.29, 1.82) is 0 Å². The summed E-state index contributed by atoms with van der Waals surface area (Å²) in [6.45, 7) is 6.15. The maximum Gasteiger partial charge on any atom is 0.416 e. The number of hydrogen-bond acceptors (Lipinski definition) is 5. The van der Waals surface area contributed by atoms with Crippen LogP contribution in [0.4, 0.5) is 105 Å². The number of benzene rings is 4. The first kappa shape index (κ1) is 63.6. The van der Waals surface area contributed by atoms with Gasteiger partial charge in [0.2, 0.25) is 0 Å². The number of rotatable bonds is 8. The normalized spacial score (nSPS) is 13.3. The zero-order chi connectivity index (χ0) is 60.0. The first-order chi connectivity index (χ1) is 35.1. The van der Waals surface area contributed by atoms with Crippen molar-refractivity contribution in [2.24, 2.45) is 5.41 Å². The Bertz CT molecular complexity index is 2580. The second kappa shape index (κ2) is 21.7. The fourth-order valence-electron chi connectivity index (χ4n) is 7.93. The molecule has 1 aromatic heterocycles. The molecule has 0 saturated heterocycles. The fraction of sp³-hybridized carbons (Fsp3) is 0.319. The van der Waals surface area contributed by atoms with Gasteiger partial charge in [-0.15, -0.1) is 0 Å². The van der Waals surface area contributed by atoms with Gasteiger partial charge in [0.1, 0.15) is 6.15 Å². The lowest BCUT2D eigenvalue weighted by atomic mass is 9.12. The van der Waals surface area contributed by atoms with Crippen LogP contribution in [-0.4, -0.2) is 37.3 Å². The van der Waals surface area contributed by atoms with Crippen LogP contribution in [0.1, 0.15) is 65.3 Å². The zero-order valence-corrected chi connectivity index (χ0v) is 39.6. The van der Waals surface area contributed by atoms with Crippen LogP contribution in [0.15, 0.2) is 109 Å². The van der Waals surface area contributed by atoms with Gasteiger partial charge in [0.15, 0.2) is 24.5 Å². The van der Waals surface area contributed by atoms with E-state index in [0.717, 1.165) is 0 Å². The highest BCUT2D eigenvalue weighted by molar-refractivity contribution is 7.20. The van der Waals surface area contributed by atoms with Crippen LogP contribution in [-0.2, 0) is 75.0 Å². The second-order valence-electron chi connectivity index (χ2n) is 17.7. The average molecular weight is 1160 g/mol. The predicted octanol–water partition coefficient (Wildman–Crippen LogP) is 12.3. The summed E-state index contributed by atoms with van der Waals surface area (Å²) in [5.41, 5.74) is -30.0. The van der Waals surface area contributed by atoms with E-state index < -0.39 is 212 Å². The third-order valence-electron chi connectivity index (χ3n) is 11.5. The number of aromatic nitrogens is 2. The van der Waals surface area contributed by atoms with Gasteiger partial charge >= 0.3 is 61.3 Å². The summed E-state index contributed by atoms with van der Waals surface area (Å²) >= 11 is 0. The molecule has 0 bridgehead atoms. The molecule has 0 spiro atoms.